The van der Waals surface area contributed by atoms with Gasteiger partial charge in [0, 0.05) is 63.4 Å². The maximum absolute atomic E-state index is 13.1. The number of pyridine rings is 1. The van der Waals surface area contributed by atoms with Crippen LogP contribution in [-0.4, -0.2) is 52.9 Å². The molecule has 0 aliphatic carbocycles. The number of hydrogen-bond acceptors (Lipinski definition) is 6. The first-order valence-electron chi connectivity index (χ1n) is 10.8. The van der Waals surface area contributed by atoms with Gasteiger partial charge >= 0.3 is 0 Å². The standard InChI is InChI=1S/C24H29N5O3/c1-31-12-11-29-22-8-10-28(16-18-5-3-7-20(13-18)32-2)17-21(22)23(27-29)24(30)26-15-19-6-4-9-25-14-19/h3-7,9,13-14H,8,10-12,15-17H2,1-2H3,(H,26,30). The molecular formula is C24H29N5O3. The molecule has 1 aliphatic heterocycles. The number of methoxy groups -OCH3 is 2. The number of nitrogens with one attached hydrogen (secondary N) is 1. The van der Waals surface area contributed by atoms with Crippen molar-refractivity contribution in [3.63, 3.8) is 0 Å². The first-order valence-corrected chi connectivity index (χ1v) is 10.8. The smallest absolute Gasteiger partial charge is 0.272 e. The predicted octanol–water partition coefficient (Wildman–Crippen LogP) is 2.42. The largest absolute Gasteiger partial charge is 0.497 e. The van der Waals surface area contributed by atoms with Crippen LogP contribution >= 0.6 is 0 Å². The molecule has 1 aliphatic rings. The highest BCUT2D eigenvalue weighted by Crippen LogP contribution is 2.25. The minimum absolute atomic E-state index is 0.162. The summed E-state index contributed by atoms with van der Waals surface area (Å²) >= 11 is 0. The number of benzene rings is 1. The van der Waals surface area contributed by atoms with Gasteiger partial charge in [-0.1, -0.05) is 18.2 Å². The summed E-state index contributed by atoms with van der Waals surface area (Å²) in [5.41, 5.74) is 4.75. The molecule has 8 heteroatoms. The molecule has 0 saturated carbocycles. The summed E-state index contributed by atoms with van der Waals surface area (Å²) in [4.78, 5) is 19.5. The molecule has 4 rings (SSSR count). The lowest BCUT2D eigenvalue weighted by molar-refractivity contribution is 0.0942. The van der Waals surface area contributed by atoms with Gasteiger partial charge in [-0.15, -0.1) is 0 Å². The lowest BCUT2D eigenvalue weighted by Gasteiger charge is -2.28. The zero-order valence-electron chi connectivity index (χ0n) is 18.6. The van der Waals surface area contributed by atoms with E-state index in [1.165, 1.54) is 5.56 Å². The van der Waals surface area contributed by atoms with Crippen LogP contribution in [0.4, 0.5) is 0 Å². The molecule has 1 amide bonds. The van der Waals surface area contributed by atoms with Crippen LogP contribution in [-0.2, 0) is 37.3 Å². The van der Waals surface area contributed by atoms with E-state index in [0.717, 1.165) is 42.1 Å². The Labute approximate surface area is 188 Å². The highest BCUT2D eigenvalue weighted by atomic mass is 16.5. The molecule has 0 fully saturated rings. The average Bonchev–Trinajstić information content (AvgIpc) is 3.20. The van der Waals surface area contributed by atoms with Gasteiger partial charge < -0.3 is 14.8 Å². The minimum Gasteiger partial charge on any atom is -0.497 e. The molecule has 0 saturated heterocycles. The van der Waals surface area contributed by atoms with Gasteiger partial charge in [0.05, 0.1) is 20.3 Å². The fourth-order valence-electron chi connectivity index (χ4n) is 4.02. The molecule has 0 spiro atoms. The molecule has 3 aromatic rings. The maximum Gasteiger partial charge on any atom is 0.272 e. The predicted molar refractivity (Wildman–Crippen MR) is 120 cm³/mol. The van der Waals surface area contributed by atoms with E-state index in [4.69, 9.17) is 9.47 Å². The first kappa shape index (κ1) is 22.0. The zero-order valence-corrected chi connectivity index (χ0v) is 18.6. The molecule has 3 heterocycles. The van der Waals surface area contributed by atoms with Crippen molar-refractivity contribution >= 4 is 5.91 Å². The Morgan fingerprint density at radius 1 is 1.19 bits per heavy atom. The quantitative estimate of drug-likeness (QED) is 0.556. The molecule has 2 aromatic heterocycles. The van der Waals surface area contributed by atoms with Gasteiger partial charge in [-0.05, 0) is 29.3 Å². The summed E-state index contributed by atoms with van der Waals surface area (Å²) in [7, 11) is 3.35. The number of carbonyl (C=O) groups is 1. The van der Waals surface area contributed by atoms with E-state index >= 15 is 0 Å². The van der Waals surface area contributed by atoms with E-state index in [9.17, 15) is 4.79 Å². The lowest BCUT2D eigenvalue weighted by atomic mass is 10.0. The number of carbonyl (C=O) groups excluding carboxylic acids is 1. The van der Waals surface area contributed by atoms with E-state index in [1.807, 2.05) is 28.9 Å². The second-order valence-corrected chi connectivity index (χ2v) is 7.85. The second kappa shape index (κ2) is 10.4. The fourth-order valence-corrected chi connectivity index (χ4v) is 4.02. The molecule has 0 unspecified atom stereocenters. The highest BCUT2D eigenvalue weighted by Gasteiger charge is 2.28. The third-order valence-corrected chi connectivity index (χ3v) is 5.65. The molecule has 1 aromatic carbocycles. The van der Waals surface area contributed by atoms with Crippen molar-refractivity contribution in [1.29, 1.82) is 0 Å². The number of nitrogens with zero attached hydrogens (tertiary/aromatic N) is 4. The molecule has 1 N–H and O–H groups in total. The molecule has 32 heavy (non-hydrogen) atoms. The van der Waals surface area contributed by atoms with Gasteiger partial charge in [0.2, 0.25) is 0 Å². The minimum atomic E-state index is -0.162. The Morgan fingerprint density at radius 3 is 2.84 bits per heavy atom. The number of fused-ring (bicyclic) bond motifs is 1. The fraction of sp³-hybridized carbons (Fsp3) is 0.375. The van der Waals surface area contributed by atoms with Crippen LogP contribution in [0.2, 0.25) is 0 Å². The zero-order chi connectivity index (χ0) is 22.3. The Kier molecular flexibility index (Phi) is 7.14. The van der Waals surface area contributed by atoms with Gasteiger partial charge in [0.25, 0.3) is 5.91 Å². The normalized spacial score (nSPS) is 13.6. The SMILES string of the molecule is COCCn1nc(C(=O)NCc2cccnc2)c2c1CCN(Cc1cccc(OC)c1)C2. The number of ether oxygens (including phenoxy) is 2. The Morgan fingerprint density at radius 2 is 2.06 bits per heavy atom. The van der Waals surface area contributed by atoms with Crippen molar-refractivity contribution < 1.29 is 14.3 Å². The average molecular weight is 436 g/mol. The van der Waals surface area contributed by atoms with E-state index in [-0.39, 0.29) is 5.91 Å². The number of rotatable bonds is 9. The van der Waals surface area contributed by atoms with Crippen molar-refractivity contribution in [3.05, 3.63) is 76.9 Å². The highest BCUT2D eigenvalue weighted by molar-refractivity contribution is 5.94. The summed E-state index contributed by atoms with van der Waals surface area (Å²) < 4.78 is 12.5. The van der Waals surface area contributed by atoms with E-state index in [0.29, 0.717) is 31.9 Å². The molecule has 0 bridgehead atoms. The topological polar surface area (TPSA) is 81.5 Å². The Balaban J connectivity index is 1.52. The molecule has 0 radical (unpaired) electrons. The summed E-state index contributed by atoms with van der Waals surface area (Å²) in [6.07, 6.45) is 4.31. The Bertz CT molecular complexity index is 1050. The van der Waals surface area contributed by atoms with Crippen LogP contribution in [0.3, 0.4) is 0 Å². The molecular weight excluding hydrogens is 406 g/mol. The van der Waals surface area contributed by atoms with E-state index < -0.39 is 0 Å². The van der Waals surface area contributed by atoms with Crippen LogP contribution in [0.5, 0.6) is 5.75 Å². The molecule has 0 atom stereocenters. The van der Waals surface area contributed by atoms with E-state index in [1.54, 1.807) is 26.6 Å². The lowest BCUT2D eigenvalue weighted by Crippen LogP contribution is -2.32. The second-order valence-electron chi connectivity index (χ2n) is 7.85. The van der Waals surface area contributed by atoms with Crippen LogP contribution in [0.1, 0.15) is 32.9 Å². The van der Waals surface area contributed by atoms with Gasteiger partial charge in [-0.2, -0.15) is 5.10 Å². The van der Waals surface area contributed by atoms with Gasteiger partial charge in [-0.3, -0.25) is 19.4 Å². The summed E-state index contributed by atoms with van der Waals surface area (Å²) in [6, 6.07) is 11.9. The van der Waals surface area contributed by atoms with Crippen LogP contribution in [0, 0.1) is 0 Å². The Hall–Kier alpha value is -3.23. The number of hydrogen-bond donors (Lipinski definition) is 1. The summed E-state index contributed by atoms with van der Waals surface area (Å²) in [5.74, 6) is 0.688. The van der Waals surface area contributed by atoms with E-state index in [2.05, 4.69) is 32.4 Å². The third-order valence-electron chi connectivity index (χ3n) is 5.65. The van der Waals surface area contributed by atoms with Gasteiger partial charge in [-0.25, -0.2) is 0 Å². The van der Waals surface area contributed by atoms with Crippen molar-refractivity contribution in [3.8, 4) is 5.75 Å². The van der Waals surface area contributed by atoms with Crippen molar-refractivity contribution in [1.82, 2.24) is 25.0 Å². The van der Waals surface area contributed by atoms with Crippen molar-refractivity contribution in [2.45, 2.75) is 32.6 Å². The monoisotopic (exact) mass is 435 g/mol. The first-order chi connectivity index (χ1) is 15.7. The molecule has 8 nitrogen and oxygen atoms in total. The van der Waals surface area contributed by atoms with Crippen molar-refractivity contribution in [2.24, 2.45) is 0 Å². The number of amides is 1. The molecule has 168 valence electrons. The van der Waals surface area contributed by atoms with Crippen molar-refractivity contribution in [2.75, 3.05) is 27.4 Å². The summed E-state index contributed by atoms with van der Waals surface area (Å²) in [6.45, 7) is 3.97. The van der Waals surface area contributed by atoms with Crippen LogP contribution in [0.25, 0.3) is 0 Å². The summed E-state index contributed by atoms with van der Waals surface area (Å²) in [5, 5.41) is 7.67. The van der Waals surface area contributed by atoms with Crippen LogP contribution in [0.15, 0.2) is 48.8 Å². The van der Waals surface area contributed by atoms with Gasteiger partial charge in [0.15, 0.2) is 5.69 Å². The van der Waals surface area contributed by atoms with Gasteiger partial charge in [0.1, 0.15) is 5.75 Å². The maximum atomic E-state index is 13.1. The number of aromatic nitrogens is 3. The third kappa shape index (κ3) is 5.15. The van der Waals surface area contributed by atoms with Crippen LogP contribution < -0.4 is 10.1 Å².